The SMILES string of the molecule is CC(C)Sc1cccc(N2CCC(CN3CCC(C(C)C)C(F)(F)C3)CC2)c1. The topological polar surface area (TPSA) is 6.48 Å². The molecule has 3 rings (SSSR count). The molecule has 0 amide bonds. The van der Waals surface area contributed by atoms with Crippen molar-refractivity contribution in [3.8, 4) is 0 Å². The number of anilines is 1. The summed E-state index contributed by atoms with van der Waals surface area (Å²) < 4.78 is 29.0. The monoisotopic (exact) mass is 410 g/mol. The van der Waals surface area contributed by atoms with Gasteiger partial charge in [-0.15, -0.1) is 11.8 Å². The van der Waals surface area contributed by atoms with E-state index in [9.17, 15) is 8.78 Å². The quantitative estimate of drug-likeness (QED) is 0.530. The van der Waals surface area contributed by atoms with Crippen molar-refractivity contribution in [1.82, 2.24) is 4.90 Å². The summed E-state index contributed by atoms with van der Waals surface area (Å²) in [5.41, 5.74) is 1.30. The van der Waals surface area contributed by atoms with Crippen molar-refractivity contribution < 1.29 is 8.78 Å². The molecular formula is C23H36F2N2S. The van der Waals surface area contributed by atoms with Gasteiger partial charge in [-0.25, -0.2) is 8.78 Å². The number of benzene rings is 1. The number of likely N-dealkylation sites (tertiary alicyclic amines) is 1. The molecule has 0 aromatic heterocycles. The summed E-state index contributed by atoms with van der Waals surface area (Å²) in [5.74, 6) is -2.40. The van der Waals surface area contributed by atoms with Gasteiger partial charge < -0.3 is 4.90 Å². The summed E-state index contributed by atoms with van der Waals surface area (Å²) in [6.07, 6.45) is 2.82. The Morgan fingerprint density at radius 1 is 1.07 bits per heavy atom. The maximum Gasteiger partial charge on any atom is 0.263 e. The molecule has 2 aliphatic rings. The predicted molar refractivity (Wildman–Crippen MR) is 117 cm³/mol. The zero-order valence-electron chi connectivity index (χ0n) is 17.8. The number of hydrogen-bond acceptors (Lipinski definition) is 3. The van der Waals surface area contributed by atoms with Gasteiger partial charge in [0.15, 0.2) is 0 Å². The second-order valence-electron chi connectivity index (χ2n) is 9.23. The fourth-order valence-electron chi connectivity index (χ4n) is 4.77. The maximum absolute atomic E-state index is 14.5. The van der Waals surface area contributed by atoms with E-state index >= 15 is 0 Å². The highest BCUT2D eigenvalue weighted by atomic mass is 32.2. The van der Waals surface area contributed by atoms with E-state index in [2.05, 4.69) is 43.0 Å². The molecule has 2 saturated heterocycles. The zero-order chi connectivity index (χ0) is 20.3. The summed E-state index contributed by atoms with van der Waals surface area (Å²) in [6, 6.07) is 8.82. The second-order valence-corrected chi connectivity index (χ2v) is 10.9. The lowest BCUT2D eigenvalue weighted by molar-refractivity contribution is -0.127. The van der Waals surface area contributed by atoms with Crippen LogP contribution in [0.15, 0.2) is 29.2 Å². The first kappa shape index (κ1) is 21.9. The lowest BCUT2D eigenvalue weighted by atomic mass is 9.83. The highest BCUT2D eigenvalue weighted by Gasteiger charge is 2.45. The lowest BCUT2D eigenvalue weighted by Gasteiger charge is -2.42. The Balaban J connectivity index is 1.50. The normalized spacial score (nSPS) is 24.3. The molecule has 0 aliphatic carbocycles. The summed E-state index contributed by atoms with van der Waals surface area (Å²) in [5, 5.41) is 0.582. The van der Waals surface area contributed by atoms with Gasteiger partial charge in [0, 0.05) is 41.4 Å². The molecule has 0 radical (unpaired) electrons. The predicted octanol–water partition coefficient (Wildman–Crippen LogP) is 6.02. The van der Waals surface area contributed by atoms with Crippen molar-refractivity contribution in [1.29, 1.82) is 0 Å². The Morgan fingerprint density at radius 3 is 2.39 bits per heavy atom. The average molecular weight is 411 g/mol. The van der Waals surface area contributed by atoms with E-state index in [1.807, 2.05) is 30.5 Å². The molecule has 0 bridgehead atoms. The highest BCUT2D eigenvalue weighted by Crippen LogP contribution is 2.38. The molecule has 2 aliphatic heterocycles. The average Bonchev–Trinajstić information content (AvgIpc) is 2.61. The largest absolute Gasteiger partial charge is 0.371 e. The zero-order valence-corrected chi connectivity index (χ0v) is 18.7. The van der Waals surface area contributed by atoms with Crippen molar-refractivity contribution in [2.45, 2.75) is 63.0 Å². The van der Waals surface area contributed by atoms with E-state index in [1.165, 1.54) is 10.6 Å². The van der Waals surface area contributed by atoms with E-state index in [0.29, 0.717) is 17.6 Å². The minimum absolute atomic E-state index is 0.0511. The van der Waals surface area contributed by atoms with Gasteiger partial charge in [-0.05, 0) is 55.8 Å². The number of hydrogen-bond donors (Lipinski definition) is 0. The van der Waals surface area contributed by atoms with Crippen LogP contribution in [0.2, 0.25) is 0 Å². The van der Waals surface area contributed by atoms with Crippen LogP contribution in [-0.4, -0.2) is 48.8 Å². The van der Waals surface area contributed by atoms with E-state index in [4.69, 9.17) is 0 Å². The summed E-state index contributed by atoms with van der Waals surface area (Å²) in [6.45, 7) is 12.0. The van der Waals surface area contributed by atoms with E-state index in [0.717, 1.165) is 39.0 Å². The molecule has 1 atom stereocenters. The number of thioether (sulfide) groups is 1. The maximum atomic E-state index is 14.5. The minimum Gasteiger partial charge on any atom is -0.371 e. The van der Waals surface area contributed by atoms with Crippen LogP contribution in [0.5, 0.6) is 0 Å². The Kier molecular flexibility index (Phi) is 7.30. The Morgan fingerprint density at radius 2 is 1.79 bits per heavy atom. The molecule has 2 fully saturated rings. The van der Waals surface area contributed by atoms with Gasteiger partial charge in [0.2, 0.25) is 0 Å². The third kappa shape index (κ3) is 5.63. The molecule has 5 heteroatoms. The summed E-state index contributed by atoms with van der Waals surface area (Å²) in [7, 11) is 0. The summed E-state index contributed by atoms with van der Waals surface area (Å²) in [4.78, 5) is 5.81. The van der Waals surface area contributed by atoms with Gasteiger partial charge in [0.25, 0.3) is 5.92 Å². The number of piperidine rings is 2. The van der Waals surface area contributed by atoms with Gasteiger partial charge >= 0.3 is 0 Å². The molecule has 0 saturated carbocycles. The van der Waals surface area contributed by atoms with Crippen LogP contribution in [0, 0.1) is 17.8 Å². The third-order valence-corrected chi connectivity index (χ3v) is 7.22. The van der Waals surface area contributed by atoms with Crippen LogP contribution in [0.3, 0.4) is 0 Å². The number of alkyl halides is 2. The van der Waals surface area contributed by atoms with E-state index < -0.39 is 11.8 Å². The fraction of sp³-hybridized carbons (Fsp3) is 0.739. The third-order valence-electron chi connectivity index (χ3n) is 6.22. The molecule has 158 valence electrons. The second kappa shape index (κ2) is 9.34. The van der Waals surface area contributed by atoms with Crippen molar-refractivity contribution in [2.75, 3.05) is 37.6 Å². The Hall–Kier alpha value is -0.810. The van der Waals surface area contributed by atoms with Gasteiger partial charge in [0.05, 0.1) is 6.54 Å². The molecule has 1 aromatic carbocycles. The van der Waals surface area contributed by atoms with Crippen molar-refractivity contribution in [3.63, 3.8) is 0 Å². The molecule has 28 heavy (non-hydrogen) atoms. The molecule has 1 unspecified atom stereocenters. The van der Waals surface area contributed by atoms with Crippen LogP contribution in [0.4, 0.5) is 14.5 Å². The number of nitrogens with zero attached hydrogens (tertiary/aromatic N) is 2. The van der Waals surface area contributed by atoms with Crippen molar-refractivity contribution in [3.05, 3.63) is 24.3 Å². The van der Waals surface area contributed by atoms with Crippen LogP contribution in [0.25, 0.3) is 0 Å². The Bertz CT molecular complexity index is 627. The molecule has 0 spiro atoms. The first-order chi connectivity index (χ1) is 13.2. The standard InChI is InChI=1S/C23H36F2N2S/c1-17(2)22-10-11-26(16-23(22,24)25)15-19-8-12-27(13-9-19)20-6-5-7-21(14-20)28-18(3)4/h5-7,14,17-19,22H,8-13,15-16H2,1-4H3. The Labute approximate surface area is 174 Å². The van der Waals surface area contributed by atoms with Crippen LogP contribution < -0.4 is 4.90 Å². The molecule has 2 heterocycles. The van der Waals surface area contributed by atoms with Gasteiger partial charge in [-0.1, -0.05) is 33.8 Å². The fourth-order valence-corrected chi connectivity index (χ4v) is 5.66. The molecular weight excluding hydrogens is 374 g/mol. The number of rotatable bonds is 6. The molecule has 1 aromatic rings. The van der Waals surface area contributed by atoms with Crippen LogP contribution in [-0.2, 0) is 0 Å². The lowest BCUT2D eigenvalue weighted by Crippen LogP contribution is -2.51. The smallest absolute Gasteiger partial charge is 0.263 e. The first-order valence-electron chi connectivity index (χ1n) is 10.9. The molecule has 2 nitrogen and oxygen atoms in total. The van der Waals surface area contributed by atoms with E-state index in [1.54, 1.807) is 0 Å². The van der Waals surface area contributed by atoms with E-state index in [-0.39, 0.29) is 12.5 Å². The van der Waals surface area contributed by atoms with Gasteiger partial charge in [-0.3, -0.25) is 4.90 Å². The van der Waals surface area contributed by atoms with Crippen LogP contribution in [0.1, 0.15) is 47.0 Å². The van der Waals surface area contributed by atoms with Crippen molar-refractivity contribution >= 4 is 17.4 Å². The van der Waals surface area contributed by atoms with Gasteiger partial charge in [-0.2, -0.15) is 0 Å². The molecule has 0 N–H and O–H groups in total. The highest BCUT2D eigenvalue weighted by molar-refractivity contribution is 7.99. The summed E-state index contributed by atoms with van der Waals surface area (Å²) >= 11 is 1.90. The van der Waals surface area contributed by atoms with Gasteiger partial charge in [0.1, 0.15) is 0 Å². The minimum atomic E-state index is -2.54. The van der Waals surface area contributed by atoms with Crippen LogP contribution >= 0.6 is 11.8 Å². The first-order valence-corrected chi connectivity index (χ1v) is 11.7. The van der Waals surface area contributed by atoms with Crippen molar-refractivity contribution in [2.24, 2.45) is 17.8 Å². The number of halogens is 2.